The normalized spacial score (nSPS) is 10.3. The molecule has 1 aromatic heterocycles. The van der Waals surface area contributed by atoms with E-state index in [0.29, 0.717) is 17.8 Å². The summed E-state index contributed by atoms with van der Waals surface area (Å²) in [7, 11) is 0. The van der Waals surface area contributed by atoms with Gasteiger partial charge in [0, 0.05) is 8.95 Å². The van der Waals surface area contributed by atoms with Crippen LogP contribution in [0.15, 0.2) is 37.9 Å². The average Bonchev–Trinajstić information content (AvgIpc) is 2.76. The molecule has 2 aromatic rings. The number of benzene rings is 1. The topological polar surface area (TPSA) is 55.1 Å². The molecule has 0 fully saturated rings. The molecule has 0 spiro atoms. The zero-order valence-corrected chi connectivity index (χ0v) is 13.2. The maximum Gasteiger partial charge on any atom is 0.228 e. The summed E-state index contributed by atoms with van der Waals surface area (Å²) >= 11 is 8.30. The number of nitrogens with one attached hydrogen (secondary N) is 1. The van der Waals surface area contributed by atoms with Crippen molar-refractivity contribution < 1.29 is 4.79 Å². The Morgan fingerprint density at radius 1 is 1.39 bits per heavy atom. The Hall–Kier alpha value is -0.850. The molecule has 0 saturated carbocycles. The molecule has 0 aliphatic rings. The smallest absolute Gasteiger partial charge is 0.228 e. The molecule has 0 aliphatic heterocycles. The Bertz CT molecular complexity index is 546. The summed E-state index contributed by atoms with van der Waals surface area (Å²) in [6.07, 6.45) is 0.353. The summed E-state index contributed by atoms with van der Waals surface area (Å²) in [5.41, 5.74) is 8.01. The monoisotopic (exact) mass is 388 g/mol. The third-order valence-electron chi connectivity index (χ3n) is 2.29. The van der Waals surface area contributed by atoms with Gasteiger partial charge in [0.05, 0.1) is 17.8 Å². The van der Waals surface area contributed by atoms with Crippen molar-refractivity contribution in [1.82, 2.24) is 0 Å². The fourth-order valence-corrected chi connectivity index (χ4v) is 3.51. The van der Waals surface area contributed by atoms with Crippen molar-refractivity contribution in [1.29, 1.82) is 0 Å². The molecule has 18 heavy (non-hydrogen) atoms. The number of rotatable bonds is 3. The fraction of sp³-hybridized carbons (Fsp3) is 0.0833. The zero-order valence-electron chi connectivity index (χ0n) is 9.24. The first-order chi connectivity index (χ1) is 8.56. The van der Waals surface area contributed by atoms with Gasteiger partial charge in [0.15, 0.2) is 0 Å². The summed E-state index contributed by atoms with van der Waals surface area (Å²) in [6.45, 7) is 0. The van der Waals surface area contributed by atoms with E-state index in [4.69, 9.17) is 5.73 Å². The third kappa shape index (κ3) is 3.34. The molecule has 0 bridgehead atoms. The van der Waals surface area contributed by atoms with Crippen LogP contribution in [-0.4, -0.2) is 5.91 Å². The van der Waals surface area contributed by atoms with Crippen LogP contribution in [0.1, 0.15) is 5.56 Å². The molecular formula is C12H10Br2N2OS. The number of carbonyl (C=O) groups is 1. The second kappa shape index (κ2) is 5.86. The molecule has 2 rings (SSSR count). The van der Waals surface area contributed by atoms with Crippen LogP contribution in [0.5, 0.6) is 0 Å². The highest BCUT2D eigenvalue weighted by molar-refractivity contribution is 9.11. The number of thiophene rings is 1. The lowest BCUT2D eigenvalue weighted by atomic mass is 10.2. The Kier molecular flexibility index (Phi) is 4.42. The second-order valence-corrected chi connectivity index (χ2v) is 6.26. The van der Waals surface area contributed by atoms with E-state index in [1.807, 2.05) is 22.9 Å². The lowest BCUT2D eigenvalue weighted by Gasteiger charge is -2.10. The van der Waals surface area contributed by atoms with Crippen molar-refractivity contribution >= 4 is 60.5 Å². The summed E-state index contributed by atoms with van der Waals surface area (Å²) in [5.74, 6) is -0.0804. The van der Waals surface area contributed by atoms with E-state index in [2.05, 4.69) is 37.2 Å². The van der Waals surface area contributed by atoms with Gasteiger partial charge in [0.25, 0.3) is 0 Å². The van der Waals surface area contributed by atoms with E-state index in [9.17, 15) is 4.79 Å². The van der Waals surface area contributed by atoms with Gasteiger partial charge in [-0.05, 0) is 50.5 Å². The zero-order chi connectivity index (χ0) is 13.1. The Labute approximate surface area is 126 Å². The molecule has 3 nitrogen and oxygen atoms in total. The van der Waals surface area contributed by atoms with Gasteiger partial charge in [-0.2, -0.15) is 11.3 Å². The fourth-order valence-electron chi connectivity index (χ4n) is 1.49. The first kappa shape index (κ1) is 13.6. The van der Waals surface area contributed by atoms with E-state index in [1.54, 1.807) is 17.4 Å². The number of hydrogen-bond acceptors (Lipinski definition) is 3. The third-order valence-corrected chi connectivity index (χ3v) is 4.11. The minimum absolute atomic E-state index is 0.0804. The molecule has 0 saturated heterocycles. The van der Waals surface area contributed by atoms with E-state index >= 15 is 0 Å². The van der Waals surface area contributed by atoms with E-state index in [0.717, 1.165) is 14.5 Å². The highest BCUT2D eigenvalue weighted by atomic mass is 79.9. The largest absolute Gasteiger partial charge is 0.397 e. The van der Waals surface area contributed by atoms with Crippen molar-refractivity contribution in [3.63, 3.8) is 0 Å². The van der Waals surface area contributed by atoms with Crippen LogP contribution >= 0.6 is 43.2 Å². The molecule has 0 aliphatic carbocycles. The van der Waals surface area contributed by atoms with Gasteiger partial charge in [-0.1, -0.05) is 15.9 Å². The minimum atomic E-state index is -0.0804. The Morgan fingerprint density at radius 3 is 2.78 bits per heavy atom. The molecule has 0 atom stereocenters. The van der Waals surface area contributed by atoms with Crippen LogP contribution in [0.2, 0.25) is 0 Å². The number of anilines is 2. The second-order valence-electron chi connectivity index (χ2n) is 3.71. The van der Waals surface area contributed by atoms with Crippen LogP contribution < -0.4 is 11.1 Å². The highest BCUT2D eigenvalue weighted by Gasteiger charge is 2.10. The van der Waals surface area contributed by atoms with Crippen LogP contribution in [0, 0.1) is 0 Å². The number of nitrogens with two attached hydrogens (primary N) is 1. The van der Waals surface area contributed by atoms with Gasteiger partial charge >= 0.3 is 0 Å². The van der Waals surface area contributed by atoms with Gasteiger partial charge in [-0.3, -0.25) is 4.79 Å². The first-order valence-corrected chi connectivity index (χ1v) is 7.64. The predicted molar refractivity (Wildman–Crippen MR) is 82.9 cm³/mol. The molecule has 94 valence electrons. The van der Waals surface area contributed by atoms with E-state index < -0.39 is 0 Å². The van der Waals surface area contributed by atoms with Crippen molar-refractivity contribution in [2.75, 3.05) is 11.1 Å². The minimum Gasteiger partial charge on any atom is -0.397 e. The van der Waals surface area contributed by atoms with Crippen LogP contribution in [0.4, 0.5) is 11.4 Å². The maximum atomic E-state index is 11.9. The van der Waals surface area contributed by atoms with Gasteiger partial charge < -0.3 is 11.1 Å². The summed E-state index contributed by atoms with van der Waals surface area (Å²) in [6, 6.07) is 5.53. The van der Waals surface area contributed by atoms with Crippen molar-refractivity contribution in [2.24, 2.45) is 0 Å². The molecule has 1 aromatic carbocycles. The lowest BCUT2D eigenvalue weighted by Crippen LogP contribution is -2.15. The standard InChI is InChI=1S/C12H10Br2N2OS/c13-8-4-9(14)12(10(15)5-8)16-11(17)3-7-1-2-18-6-7/h1-2,4-6H,3,15H2,(H,16,17). The number of amides is 1. The highest BCUT2D eigenvalue weighted by Crippen LogP contribution is 2.32. The quantitative estimate of drug-likeness (QED) is 0.778. The number of nitrogen functional groups attached to an aromatic ring is 1. The number of hydrogen-bond donors (Lipinski definition) is 2. The van der Waals surface area contributed by atoms with Crippen LogP contribution in [0.3, 0.4) is 0 Å². The SMILES string of the molecule is Nc1cc(Br)cc(Br)c1NC(=O)Cc1ccsc1. The van der Waals surface area contributed by atoms with Crippen molar-refractivity contribution in [3.05, 3.63) is 43.5 Å². The van der Waals surface area contributed by atoms with Crippen molar-refractivity contribution in [2.45, 2.75) is 6.42 Å². The molecule has 0 unspecified atom stereocenters. The first-order valence-electron chi connectivity index (χ1n) is 5.11. The summed E-state index contributed by atoms with van der Waals surface area (Å²) in [5, 5.41) is 6.73. The summed E-state index contributed by atoms with van der Waals surface area (Å²) in [4.78, 5) is 11.9. The molecule has 1 heterocycles. The van der Waals surface area contributed by atoms with Crippen LogP contribution in [0.25, 0.3) is 0 Å². The molecule has 3 N–H and O–H groups in total. The maximum absolute atomic E-state index is 11.9. The van der Waals surface area contributed by atoms with Gasteiger partial charge in [0.2, 0.25) is 5.91 Å². The van der Waals surface area contributed by atoms with Gasteiger partial charge in [-0.15, -0.1) is 0 Å². The van der Waals surface area contributed by atoms with E-state index in [-0.39, 0.29) is 5.91 Å². The van der Waals surface area contributed by atoms with Gasteiger partial charge in [0.1, 0.15) is 0 Å². The lowest BCUT2D eigenvalue weighted by molar-refractivity contribution is -0.115. The predicted octanol–water partition coefficient (Wildman–Crippen LogP) is 4.04. The van der Waals surface area contributed by atoms with Crippen LogP contribution in [-0.2, 0) is 11.2 Å². The van der Waals surface area contributed by atoms with Gasteiger partial charge in [-0.25, -0.2) is 0 Å². The van der Waals surface area contributed by atoms with E-state index in [1.165, 1.54) is 0 Å². The number of carbonyl (C=O) groups excluding carboxylic acids is 1. The number of halogens is 2. The molecule has 6 heteroatoms. The summed E-state index contributed by atoms with van der Waals surface area (Å²) < 4.78 is 1.62. The molecule has 1 amide bonds. The molecular weight excluding hydrogens is 380 g/mol. The average molecular weight is 390 g/mol. The Morgan fingerprint density at radius 2 is 2.17 bits per heavy atom. The molecule has 0 radical (unpaired) electrons. The Balaban J connectivity index is 2.12. The van der Waals surface area contributed by atoms with Crippen molar-refractivity contribution in [3.8, 4) is 0 Å².